The topological polar surface area (TPSA) is 225 Å². The maximum atomic E-state index is 11.6. The largest absolute Gasteiger partial charge is 0.478 e. The molecule has 3 heterocycles. The molecule has 0 aromatic rings. The van der Waals surface area contributed by atoms with E-state index in [2.05, 4.69) is 0 Å². The number of carboxylic acid groups (broad SMARTS) is 1. The summed E-state index contributed by atoms with van der Waals surface area (Å²) in [6.07, 6.45) is -10.5. The molecule has 2 saturated heterocycles. The van der Waals surface area contributed by atoms with E-state index in [0.29, 0.717) is 6.42 Å². The SMILES string of the molecule is C[C@]1(O)CC[C@@H]2C(C(=O)O)=CO[C@@H](O[C@@H]3O[C@@H](CO[C@@H]4OC[C@](O)(CO)[C@@H]4O)[C@@H](O)[C@@H](O)[C@H]3O)[C@@H]21. The van der Waals surface area contributed by atoms with Crippen molar-refractivity contribution in [1.82, 2.24) is 0 Å². The van der Waals surface area contributed by atoms with E-state index in [1.165, 1.54) is 6.92 Å². The van der Waals surface area contributed by atoms with Crippen molar-refractivity contribution in [2.24, 2.45) is 11.8 Å². The van der Waals surface area contributed by atoms with E-state index in [9.17, 15) is 45.6 Å². The molecule has 8 N–H and O–H groups in total. The van der Waals surface area contributed by atoms with Crippen LogP contribution in [0.3, 0.4) is 0 Å². The molecule has 0 bridgehead atoms. The molecule has 35 heavy (non-hydrogen) atoms. The van der Waals surface area contributed by atoms with Crippen LogP contribution in [-0.4, -0.2) is 127 Å². The molecule has 1 saturated carbocycles. The minimum Gasteiger partial charge on any atom is -0.478 e. The van der Waals surface area contributed by atoms with Gasteiger partial charge in [0.1, 0.15) is 36.1 Å². The normalized spacial score (nSPS) is 49.9. The monoisotopic (exact) mass is 508 g/mol. The van der Waals surface area contributed by atoms with Gasteiger partial charge in [-0.05, 0) is 19.8 Å². The number of aliphatic hydroxyl groups is 7. The summed E-state index contributed by atoms with van der Waals surface area (Å²) in [7, 11) is 0. The Hall–Kier alpha value is -1.43. The van der Waals surface area contributed by atoms with E-state index in [1.54, 1.807) is 0 Å². The Kier molecular flexibility index (Phi) is 7.45. The van der Waals surface area contributed by atoms with Crippen molar-refractivity contribution in [3.8, 4) is 0 Å². The minimum absolute atomic E-state index is 0.0163. The molecule has 14 heteroatoms. The molecule has 3 fully saturated rings. The highest BCUT2D eigenvalue weighted by Crippen LogP contribution is 2.49. The Morgan fingerprint density at radius 2 is 1.83 bits per heavy atom. The first kappa shape index (κ1) is 26.6. The van der Waals surface area contributed by atoms with Crippen LogP contribution in [0.2, 0.25) is 0 Å². The fraction of sp³-hybridized carbons (Fsp3) is 0.857. The first-order valence-corrected chi connectivity index (χ1v) is 11.3. The van der Waals surface area contributed by atoms with E-state index >= 15 is 0 Å². The predicted octanol–water partition coefficient (Wildman–Crippen LogP) is -3.63. The van der Waals surface area contributed by atoms with Crippen molar-refractivity contribution in [3.63, 3.8) is 0 Å². The van der Waals surface area contributed by atoms with Gasteiger partial charge in [-0.1, -0.05) is 0 Å². The zero-order chi connectivity index (χ0) is 25.7. The molecule has 0 aromatic carbocycles. The lowest BCUT2D eigenvalue weighted by Crippen LogP contribution is -2.61. The van der Waals surface area contributed by atoms with E-state index in [1.807, 2.05) is 0 Å². The Morgan fingerprint density at radius 3 is 2.46 bits per heavy atom. The molecule has 3 aliphatic heterocycles. The van der Waals surface area contributed by atoms with Crippen LogP contribution in [0, 0.1) is 11.8 Å². The van der Waals surface area contributed by atoms with Crippen molar-refractivity contribution in [2.75, 3.05) is 19.8 Å². The lowest BCUT2D eigenvalue weighted by atomic mass is 9.81. The van der Waals surface area contributed by atoms with E-state index in [-0.39, 0.29) is 12.0 Å². The first-order valence-electron chi connectivity index (χ1n) is 11.3. The van der Waals surface area contributed by atoms with Gasteiger partial charge >= 0.3 is 5.97 Å². The van der Waals surface area contributed by atoms with Crippen molar-refractivity contribution in [3.05, 3.63) is 11.8 Å². The molecule has 0 amide bonds. The number of fused-ring (bicyclic) bond motifs is 1. The third-order valence-corrected chi connectivity index (χ3v) is 7.32. The van der Waals surface area contributed by atoms with Crippen LogP contribution < -0.4 is 0 Å². The summed E-state index contributed by atoms with van der Waals surface area (Å²) >= 11 is 0. The summed E-state index contributed by atoms with van der Waals surface area (Å²) in [5, 5.41) is 80.8. The zero-order valence-corrected chi connectivity index (χ0v) is 18.9. The molecule has 0 unspecified atom stereocenters. The summed E-state index contributed by atoms with van der Waals surface area (Å²) < 4.78 is 27.3. The van der Waals surface area contributed by atoms with Crippen molar-refractivity contribution >= 4 is 5.97 Å². The molecule has 0 radical (unpaired) electrons. The number of rotatable bonds is 7. The molecule has 14 nitrogen and oxygen atoms in total. The van der Waals surface area contributed by atoms with Gasteiger partial charge in [0.15, 0.2) is 12.6 Å². The van der Waals surface area contributed by atoms with Crippen LogP contribution in [0.5, 0.6) is 0 Å². The second kappa shape index (κ2) is 9.79. The average Bonchev–Trinajstić information content (AvgIpc) is 3.29. The Balaban J connectivity index is 1.44. The van der Waals surface area contributed by atoms with E-state index < -0.39 is 98.2 Å². The number of hydrogen-bond acceptors (Lipinski definition) is 13. The molecule has 1 aliphatic carbocycles. The van der Waals surface area contributed by atoms with Gasteiger partial charge in [0, 0.05) is 5.92 Å². The van der Waals surface area contributed by atoms with Crippen LogP contribution >= 0.6 is 0 Å². The molecular formula is C21H32O14. The van der Waals surface area contributed by atoms with Gasteiger partial charge in [-0.3, -0.25) is 0 Å². The first-order chi connectivity index (χ1) is 16.4. The molecule has 4 rings (SSSR count). The third-order valence-electron chi connectivity index (χ3n) is 7.32. The summed E-state index contributed by atoms with van der Waals surface area (Å²) in [5.41, 5.74) is -3.28. The van der Waals surface area contributed by atoms with Crippen LogP contribution in [-0.2, 0) is 28.5 Å². The molecule has 0 aromatic heterocycles. The lowest BCUT2D eigenvalue weighted by molar-refractivity contribution is -0.350. The number of aliphatic carboxylic acids is 1. The van der Waals surface area contributed by atoms with Crippen LogP contribution in [0.4, 0.5) is 0 Å². The van der Waals surface area contributed by atoms with Crippen LogP contribution in [0.15, 0.2) is 11.8 Å². The second-order valence-electron chi connectivity index (χ2n) is 9.78. The van der Waals surface area contributed by atoms with Crippen molar-refractivity contribution < 1.29 is 69.3 Å². The van der Waals surface area contributed by atoms with Gasteiger partial charge in [-0.25, -0.2) is 4.79 Å². The van der Waals surface area contributed by atoms with Gasteiger partial charge < -0.3 is 64.5 Å². The van der Waals surface area contributed by atoms with Gasteiger partial charge in [0.2, 0.25) is 6.29 Å². The smallest absolute Gasteiger partial charge is 0.334 e. The van der Waals surface area contributed by atoms with E-state index in [4.69, 9.17) is 23.7 Å². The molecule has 12 atom stereocenters. The van der Waals surface area contributed by atoms with Gasteiger partial charge in [-0.15, -0.1) is 0 Å². The third kappa shape index (κ3) is 4.81. The van der Waals surface area contributed by atoms with Crippen molar-refractivity contribution in [1.29, 1.82) is 0 Å². The fourth-order valence-corrected chi connectivity index (χ4v) is 5.12. The molecule has 200 valence electrons. The number of aliphatic hydroxyl groups excluding tert-OH is 5. The fourth-order valence-electron chi connectivity index (χ4n) is 5.12. The molecular weight excluding hydrogens is 476 g/mol. The number of carboxylic acids is 1. The highest BCUT2D eigenvalue weighted by molar-refractivity contribution is 5.87. The van der Waals surface area contributed by atoms with Crippen LogP contribution in [0.1, 0.15) is 19.8 Å². The van der Waals surface area contributed by atoms with Gasteiger partial charge in [0.25, 0.3) is 0 Å². The van der Waals surface area contributed by atoms with E-state index in [0.717, 1.165) is 6.26 Å². The Morgan fingerprint density at radius 1 is 1.11 bits per heavy atom. The Bertz CT molecular complexity index is 818. The minimum atomic E-state index is -1.92. The average molecular weight is 508 g/mol. The highest BCUT2D eigenvalue weighted by Gasteiger charge is 2.56. The summed E-state index contributed by atoms with van der Waals surface area (Å²) in [5.74, 6) is -2.58. The quantitative estimate of drug-likeness (QED) is 0.166. The summed E-state index contributed by atoms with van der Waals surface area (Å²) in [6, 6.07) is 0. The standard InChI is InChI=1S/C21H32O14/c1-20(29)3-2-8-9(16(27)28)4-31-17(11(8)20)35-18-14(25)13(24)12(23)10(34-18)5-32-19-15(26)21(30,6-22)7-33-19/h4,8,10-15,17-19,22-26,29-30H,2-3,5-7H2,1H3,(H,27,28)/t8-,10+,11-,12-,13-,14-,15-,17+,18+,19-,20+,21-/m1/s1. The number of carbonyl (C=O) groups is 1. The van der Waals surface area contributed by atoms with Gasteiger partial charge in [-0.2, -0.15) is 0 Å². The van der Waals surface area contributed by atoms with Gasteiger partial charge in [0.05, 0.1) is 43.2 Å². The van der Waals surface area contributed by atoms with Crippen LogP contribution in [0.25, 0.3) is 0 Å². The molecule has 4 aliphatic rings. The maximum Gasteiger partial charge on any atom is 0.334 e. The zero-order valence-electron chi connectivity index (χ0n) is 18.9. The number of hydrogen-bond donors (Lipinski definition) is 8. The van der Waals surface area contributed by atoms with Crippen molar-refractivity contribution in [2.45, 2.75) is 80.4 Å². The molecule has 0 spiro atoms. The summed E-state index contributed by atoms with van der Waals surface area (Å²) in [4.78, 5) is 11.6. The second-order valence-corrected chi connectivity index (χ2v) is 9.78. The predicted molar refractivity (Wildman–Crippen MR) is 109 cm³/mol. The summed E-state index contributed by atoms with van der Waals surface area (Å²) in [6.45, 7) is -0.116. The number of ether oxygens (including phenoxy) is 5. The highest BCUT2D eigenvalue weighted by atomic mass is 16.8. The lowest BCUT2D eigenvalue weighted by Gasteiger charge is -2.44. The Labute approximate surface area is 199 Å². The maximum absolute atomic E-state index is 11.6.